The zero-order valence-corrected chi connectivity index (χ0v) is 16.4. The van der Waals surface area contributed by atoms with Crippen LogP contribution in [0.15, 0.2) is 54.5 Å². The Kier molecular flexibility index (Phi) is 6.46. The van der Waals surface area contributed by atoms with Gasteiger partial charge in [0.2, 0.25) is 5.95 Å². The van der Waals surface area contributed by atoms with Gasteiger partial charge >= 0.3 is 0 Å². The second-order valence-corrected chi connectivity index (χ2v) is 7.17. The van der Waals surface area contributed by atoms with E-state index >= 15 is 0 Å². The maximum absolute atomic E-state index is 12.2. The maximum Gasteiger partial charge on any atom is 0.225 e. The molecule has 1 heterocycles. The minimum Gasteiger partial charge on any atom is -0.398 e. The van der Waals surface area contributed by atoms with Crippen LogP contribution < -0.4 is 27.8 Å². The fraction of sp³-hybridized carbons (Fsp3) is 0.286. The lowest BCUT2D eigenvalue weighted by Crippen LogP contribution is -2.23. The molecule has 0 aliphatic heterocycles. The zero-order valence-electron chi connectivity index (χ0n) is 16.4. The molecule has 1 aliphatic rings. The van der Waals surface area contributed by atoms with Gasteiger partial charge in [0, 0.05) is 29.6 Å². The summed E-state index contributed by atoms with van der Waals surface area (Å²) in [5, 5.41) is 5.97. The molecule has 0 spiro atoms. The van der Waals surface area contributed by atoms with E-state index in [1.165, 1.54) is 6.08 Å². The van der Waals surface area contributed by atoms with Crippen LogP contribution in [-0.2, 0) is 4.79 Å². The number of carbonyl (C=O) groups excluding carboxylic acids is 1. The van der Waals surface area contributed by atoms with Crippen LogP contribution in [0.2, 0.25) is 0 Å². The quantitative estimate of drug-likeness (QED) is 0.405. The minimum absolute atomic E-state index is 0.0217. The van der Waals surface area contributed by atoms with E-state index in [0.29, 0.717) is 29.2 Å². The van der Waals surface area contributed by atoms with Crippen LogP contribution in [0.3, 0.4) is 0 Å². The van der Waals surface area contributed by atoms with Gasteiger partial charge in [-0.1, -0.05) is 30.3 Å². The summed E-state index contributed by atoms with van der Waals surface area (Å²) in [4.78, 5) is 20.8. The third-order valence-corrected chi connectivity index (χ3v) is 4.62. The molecule has 1 saturated carbocycles. The fourth-order valence-electron chi connectivity index (χ4n) is 2.76. The van der Waals surface area contributed by atoms with Crippen LogP contribution in [0.4, 0.5) is 11.8 Å². The summed E-state index contributed by atoms with van der Waals surface area (Å²) in [5.41, 5.74) is 20.1. The van der Waals surface area contributed by atoms with Gasteiger partial charge in [-0.05, 0) is 37.3 Å². The van der Waals surface area contributed by atoms with E-state index in [1.54, 1.807) is 6.20 Å². The second kappa shape index (κ2) is 9.20. The van der Waals surface area contributed by atoms with Gasteiger partial charge in [-0.3, -0.25) is 4.79 Å². The van der Waals surface area contributed by atoms with Gasteiger partial charge in [0.25, 0.3) is 0 Å². The fourth-order valence-corrected chi connectivity index (χ4v) is 2.76. The minimum atomic E-state index is -0.181. The first kappa shape index (κ1) is 20.3. The smallest absolute Gasteiger partial charge is 0.225 e. The van der Waals surface area contributed by atoms with Crippen molar-refractivity contribution in [3.63, 3.8) is 0 Å². The SMILES string of the molecule is Cc1cnc(NCC(=O)C=C(N)c2ccccc2)nc1NC(N)=CC(N)C1CC1. The monoisotopic (exact) mass is 393 g/mol. The van der Waals surface area contributed by atoms with Crippen molar-refractivity contribution in [2.24, 2.45) is 23.1 Å². The van der Waals surface area contributed by atoms with Crippen LogP contribution >= 0.6 is 0 Å². The number of nitrogens with two attached hydrogens (primary N) is 3. The summed E-state index contributed by atoms with van der Waals surface area (Å²) >= 11 is 0. The largest absolute Gasteiger partial charge is 0.398 e. The Labute approximate surface area is 170 Å². The van der Waals surface area contributed by atoms with E-state index in [9.17, 15) is 4.79 Å². The van der Waals surface area contributed by atoms with Crippen LogP contribution in [0.5, 0.6) is 0 Å². The predicted octanol–water partition coefficient (Wildman–Crippen LogP) is 1.72. The van der Waals surface area contributed by atoms with Gasteiger partial charge in [0.1, 0.15) is 5.82 Å². The number of carbonyl (C=O) groups is 1. The molecular weight excluding hydrogens is 366 g/mol. The predicted molar refractivity (Wildman–Crippen MR) is 115 cm³/mol. The topological polar surface area (TPSA) is 145 Å². The van der Waals surface area contributed by atoms with Gasteiger partial charge in [-0.25, -0.2) is 4.98 Å². The summed E-state index contributed by atoms with van der Waals surface area (Å²) in [6.07, 6.45) is 7.15. The van der Waals surface area contributed by atoms with E-state index in [0.717, 1.165) is 24.0 Å². The Morgan fingerprint density at radius 3 is 2.69 bits per heavy atom. The molecule has 2 aromatic rings. The Balaban J connectivity index is 1.60. The molecule has 1 aliphatic carbocycles. The Bertz CT molecular complexity index is 920. The van der Waals surface area contributed by atoms with Crippen LogP contribution in [0.25, 0.3) is 5.70 Å². The Morgan fingerprint density at radius 1 is 1.28 bits per heavy atom. The van der Waals surface area contributed by atoms with E-state index in [-0.39, 0.29) is 18.4 Å². The number of nitrogens with zero attached hydrogens (tertiary/aromatic N) is 2. The molecule has 1 fully saturated rings. The summed E-state index contributed by atoms with van der Waals surface area (Å²) in [6.45, 7) is 1.89. The molecule has 152 valence electrons. The molecule has 8 heteroatoms. The Morgan fingerprint density at radius 2 is 2.00 bits per heavy atom. The third kappa shape index (κ3) is 6.05. The number of aryl methyl sites for hydroxylation is 1. The zero-order chi connectivity index (χ0) is 20.8. The first-order chi connectivity index (χ1) is 13.9. The molecule has 8 N–H and O–H groups in total. The lowest BCUT2D eigenvalue weighted by atomic mass is 10.1. The molecule has 0 amide bonds. The number of aromatic nitrogens is 2. The number of benzene rings is 1. The lowest BCUT2D eigenvalue weighted by molar-refractivity contribution is -0.113. The first-order valence-electron chi connectivity index (χ1n) is 9.55. The van der Waals surface area contributed by atoms with Crippen molar-refractivity contribution in [3.8, 4) is 0 Å². The van der Waals surface area contributed by atoms with Crippen molar-refractivity contribution in [1.82, 2.24) is 9.97 Å². The van der Waals surface area contributed by atoms with Crippen molar-refractivity contribution in [3.05, 3.63) is 65.6 Å². The molecule has 1 aromatic heterocycles. The van der Waals surface area contributed by atoms with Gasteiger partial charge in [0.15, 0.2) is 5.78 Å². The number of nitrogens with one attached hydrogen (secondary N) is 2. The van der Waals surface area contributed by atoms with E-state index in [4.69, 9.17) is 17.2 Å². The van der Waals surface area contributed by atoms with E-state index in [1.807, 2.05) is 43.3 Å². The van der Waals surface area contributed by atoms with E-state index < -0.39 is 0 Å². The van der Waals surface area contributed by atoms with E-state index in [2.05, 4.69) is 20.6 Å². The maximum atomic E-state index is 12.2. The summed E-state index contributed by atoms with van der Waals surface area (Å²) in [5.74, 6) is 1.66. The van der Waals surface area contributed by atoms with Gasteiger partial charge in [0.05, 0.1) is 12.4 Å². The second-order valence-electron chi connectivity index (χ2n) is 7.17. The van der Waals surface area contributed by atoms with Crippen LogP contribution in [-0.4, -0.2) is 28.3 Å². The van der Waals surface area contributed by atoms with Gasteiger partial charge in [-0.2, -0.15) is 4.98 Å². The van der Waals surface area contributed by atoms with Crippen molar-refractivity contribution >= 4 is 23.2 Å². The van der Waals surface area contributed by atoms with Crippen LogP contribution in [0, 0.1) is 12.8 Å². The third-order valence-electron chi connectivity index (χ3n) is 4.62. The molecular formula is C21H27N7O. The standard InChI is InChI=1S/C21H27N7O/c1-13-11-25-21(28-20(13)27-19(24)10-18(23)15-7-8-15)26-12-16(29)9-17(22)14-5-3-2-4-6-14/h2-6,9-11,15,18H,7-8,12,22-24H2,1H3,(H2,25,26,27,28). The number of ketones is 1. The summed E-state index contributed by atoms with van der Waals surface area (Å²) in [7, 11) is 0. The average molecular weight is 393 g/mol. The highest BCUT2D eigenvalue weighted by molar-refractivity contribution is 5.98. The van der Waals surface area contributed by atoms with Crippen molar-refractivity contribution in [2.45, 2.75) is 25.8 Å². The molecule has 1 atom stereocenters. The summed E-state index contributed by atoms with van der Waals surface area (Å²) < 4.78 is 0. The number of hydrogen-bond donors (Lipinski definition) is 5. The van der Waals surface area contributed by atoms with Crippen LogP contribution in [0.1, 0.15) is 24.0 Å². The van der Waals surface area contributed by atoms with Gasteiger partial charge in [-0.15, -0.1) is 0 Å². The molecule has 3 rings (SSSR count). The molecule has 1 unspecified atom stereocenters. The highest BCUT2D eigenvalue weighted by Crippen LogP contribution is 2.32. The van der Waals surface area contributed by atoms with Crippen molar-refractivity contribution in [1.29, 1.82) is 0 Å². The van der Waals surface area contributed by atoms with Gasteiger partial charge < -0.3 is 27.8 Å². The lowest BCUT2D eigenvalue weighted by Gasteiger charge is -2.12. The molecule has 0 bridgehead atoms. The highest BCUT2D eigenvalue weighted by Gasteiger charge is 2.27. The average Bonchev–Trinajstić information content (AvgIpc) is 3.54. The van der Waals surface area contributed by atoms with Crippen molar-refractivity contribution < 1.29 is 4.79 Å². The number of hydrogen-bond acceptors (Lipinski definition) is 8. The molecule has 0 saturated heterocycles. The summed E-state index contributed by atoms with van der Waals surface area (Å²) in [6, 6.07) is 9.27. The highest BCUT2D eigenvalue weighted by atomic mass is 16.1. The first-order valence-corrected chi connectivity index (χ1v) is 9.55. The molecule has 0 radical (unpaired) electrons. The van der Waals surface area contributed by atoms with Crippen molar-refractivity contribution in [2.75, 3.05) is 17.2 Å². The molecule has 1 aromatic carbocycles. The molecule has 29 heavy (non-hydrogen) atoms. The molecule has 8 nitrogen and oxygen atoms in total. The Hall–Kier alpha value is -3.39. The number of rotatable bonds is 9. The normalized spacial score (nSPS) is 15.7. The number of anilines is 2.